The molecule has 0 radical (unpaired) electrons. The summed E-state index contributed by atoms with van der Waals surface area (Å²) < 4.78 is 1.40. The van der Waals surface area contributed by atoms with Crippen LogP contribution in [0.3, 0.4) is 0 Å². The molecule has 0 bridgehead atoms. The van der Waals surface area contributed by atoms with E-state index in [1.807, 2.05) is 5.48 Å². The van der Waals surface area contributed by atoms with Crippen LogP contribution in [-0.4, -0.2) is 33.1 Å². The fourth-order valence-corrected chi connectivity index (χ4v) is 1.39. The van der Waals surface area contributed by atoms with Crippen molar-refractivity contribution in [3.8, 4) is 0 Å². The van der Waals surface area contributed by atoms with Gasteiger partial charge in [0, 0.05) is 12.1 Å². The van der Waals surface area contributed by atoms with Gasteiger partial charge < -0.3 is 9.67 Å². The molecule has 0 saturated carbocycles. The van der Waals surface area contributed by atoms with Gasteiger partial charge in [0.25, 0.3) is 11.6 Å². The molecule has 0 fully saturated rings. The molecule has 0 saturated heterocycles. The molecule has 0 spiro atoms. The summed E-state index contributed by atoms with van der Waals surface area (Å²) in [4.78, 5) is 36.4. The molecule has 0 aromatic carbocycles. The average molecular weight is 271 g/mol. The number of rotatable bonds is 6. The quantitative estimate of drug-likeness (QED) is 0.580. The zero-order chi connectivity index (χ0) is 14.6. The Balaban J connectivity index is 2.88. The van der Waals surface area contributed by atoms with Crippen LogP contribution in [-0.2, 0) is 9.63 Å². The lowest BCUT2D eigenvalue weighted by atomic mass is 10.3. The molecule has 9 heteroatoms. The van der Waals surface area contributed by atoms with E-state index in [0.717, 1.165) is 6.07 Å². The van der Waals surface area contributed by atoms with Gasteiger partial charge in [0.1, 0.15) is 5.69 Å². The van der Waals surface area contributed by atoms with Crippen molar-refractivity contribution in [2.24, 2.45) is 0 Å². The molecule has 0 unspecified atom stereocenters. The van der Waals surface area contributed by atoms with E-state index in [-0.39, 0.29) is 17.4 Å². The number of hydrogen-bond acceptors (Lipinski definition) is 5. The van der Waals surface area contributed by atoms with Crippen LogP contribution in [0.5, 0.6) is 0 Å². The molecule has 0 aliphatic heterocycles. The number of nitrogens with zero attached hydrogens (tertiary/aromatic N) is 2. The van der Waals surface area contributed by atoms with Gasteiger partial charge in [-0.2, -0.15) is 0 Å². The third kappa shape index (κ3) is 3.78. The fourth-order valence-electron chi connectivity index (χ4n) is 1.39. The Morgan fingerprint density at radius 3 is 2.68 bits per heavy atom. The summed E-state index contributed by atoms with van der Waals surface area (Å²) in [7, 11) is 0. The molecular weight excluding hydrogens is 258 g/mol. The van der Waals surface area contributed by atoms with Crippen LogP contribution in [0.4, 0.5) is 5.69 Å². The zero-order valence-electron chi connectivity index (χ0n) is 10.3. The van der Waals surface area contributed by atoms with Crippen molar-refractivity contribution in [1.82, 2.24) is 10.0 Å². The number of amides is 1. The summed E-state index contributed by atoms with van der Waals surface area (Å²) in [5.41, 5.74) is 1.71. The average Bonchev–Trinajstić information content (AvgIpc) is 2.73. The van der Waals surface area contributed by atoms with Crippen LogP contribution in [0, 0.1) is 10.1 Å². The third-order valence-corrected chi connectivity index (χ3v) is 2.19. The second-order valence-corrected chi connectivity index (χ2v) is 3.96. The van der Waals surface area contributed by atoms with Crippen molar-refractivity contribution >= 4 is 17.6 Å². The highest BCUT2D eigenvalue weighted by atomic mass is 16.7. The maximum absolute atomic E-state index is 11.7. The van der Waals surface area contributed by atoms with E-state index >= 15 is 0 Å². The first kappa shape index (κ1) is 14.6. The second kappa shape index (κ2) is 5.96. The number of aliphatic carboxylic acids is 1. The summed E-state index contributed by atoms with van der Waals surface area (Å²) >= 11 is 0. The number of nitro groups is 1. The fraction of sp³-hybridized carbons (Fsp3) is 0.400. The van der Waals surface area contributed by atoms with Gasteiger partial charge in [0.05, 0.1) is 11.1 Å². The van der Waals surface area contributed by atoms with Gasteiger partial charge in [-0.05, 0) is 13.8 Å². The van der Waals surface area contributed by atoms with Gasteiger partial charge in [-0.1, -0.05) is 0 Å². The number of hydrogen-bond donors (Lipinski definition) is 2. The molecule has 19 heavy (non-hydrogen) atoms. The summed E-state index contributed by atoms with van der Waals surface area (Å²) in [6.45, 7) is 2.80. The number of carbonyl (C=O) groups is 2. The van der Waals surface area contributed by atoms with Gasteiger partial charge in [0.2, 0.25) is 0 Å². The van der Waals surface area contributed by atoms with E-state index in [9.17, 15) is 19.7 Å². The molecule has 0 aliphatic carbocycles. The molecule has 1 aromatic heterocycles. The second-order valence-electron chi connectivity index (χ2n) is 3.96. The van der Waals surface area contributed by atoms with Crippen molar-refractivity contribution in [3.63, 3.8) is 0 Å². The standard InChI is InChI=1S/C10H13N3O6/c1-6(2)12-4-7(13(17)18)3-8(12)10(16)11-19-5-9(14)15/h3-4,6H,5H2,1-2H3,(H,11,16)(H,14,15). The normalized spacial score (nSPS) is 10.5. The number of carboxylic acids is 1. The Bertz CT molecular complexity index is 507. The van der Waals surface area contributed by atoms with Crippen molar-refractivity contribution in [3.05, 3.63) is 28.1 Å². The van der Waals surface area contributed by atoms with Crippen LogP contribution < -0.4 is 5.48 Å². The Morgan fingerprint density at radius 1 is 1.58 bits per heavy atom. The molecule has 1 heterocycles. The summed E-state index contributed by atoms with van der Waals surface area (Å²) in [6.07, 6.45) is 1.23. The van der Waals surface area contributed by atoms with Crippen molar-refractivity contribution in [2.45, 2.75) is 19.9 Å². The third-order valence-electron chi connectivity index (χ3n) is 2.19. The smallest absolute Gasteiger partial charge is 0.332 e. The Kier molecular flexibility index (Phi) is 4.59. The first-order valence-corrected chi connectivity index (χ1v) is 5.33. The van der Waals surface area contributed by atoms with Crippen molar-refractivity contribution < 1.29 is 24.5 Å². The van der Waals surface area contributed by atoms with Crippen LogP contribution in [0.25, 0.3) is 0 Å². The van der Waals surface area contributed by atoms with Crippen molar-refractivity contribution in [2.75, 3.05) is 6.61 Å². The molecule has 9 nitrogen and oxygen atoms in total. The highest BCUT2D eigenvalue weighted by Gasteiger charge is 2.21. The maximum atomic E-state index is 11.7. The molecule has 0 atom stereocenters. The number of nitrogens with one attached hydrogen (secondary N) is 1. The number of carbonyl (C=O) groups excluding carboxylic acids is 1. The number of hydroxylamine groups is 1. The van der Waals surface area contributed by atoms with E-state index in [0.29, 0.717) is 0 Å². The lowest BCUT2D eigenvalue weighted by molar-refractivity contribution is -0.384. The highest BCUT2D eigenvalue weighted by Crippen LogP contribution is 2.20. The molecule has 1 aromatic rings. The topological polar surface area (TPSA) is 124 Å². The summed E-state index contributed by atoms with van der Waals surface area (Å²) in [6, 6.07) is 0.924. The van der Waals surface area contributed by atoms with E-state index in [1.165, 1.54) is 10.8 Å². The number of carboxylic acid groups (broad SMARTS) is 1. The lowest BCUT2D eigenvalue weighted by Gasteiger charge is -2.11. The SMILES string of the molecule is CC(C)n1cc([N+](=O)[O-])cc1C(=O)NOCC(=O)O. The lowest BCUT2D eigenvalue weighted by Crippen LogP contribution is -2.28. The van der Waals surface area contributed by atoms with Gasteiger partial charge in [-0.3, -0.25) is 19.7 Å². The molecule has 1 rings (SSSR count). The summed E-state index contributed by atoms with van der Waals surface area (Å²) in [5, 5.41) is 19.0. The Labute approximate surface area is 107 Å². The van der Waals surface area contributed by atoms with Crippen molar-refractivity contribution in [1.29, 1.82) is 0 Å². The minimum absolute atomic E-state index is 0.0205. The predicted octanol–water partition coefficient (Wildman–Crippen LogP) is 0.723. The Hall–Kier alpha value is -2.42. The molecular formula is C10H13N3O6. The largest absolute Gasteiger partial charge is 0.479 e. The van der Waals surface area contributed by atoms with E-state index in [4.69, 9.17) is 5.11 Å². The van der Waals surface area contributed by atoms with Gasteiger partial charge >= 0.3 is 5.97 Å². The maximum Gasteiger partial charge on any atom is 0.332 e. The molecule has 104 valence electrons. The van der Waals surface area contributed by atoms with Crippen LogP contribution >= 0.6 is 0 Å². The predicted molar refractivity (Wildman–Crippen MR) is 62.5 cm³/mol. The molecule has 1 amide bonds. The van der Waals surface area contributed by atoms with Gasteiger partial charge in [0.15, 0.2) is 6.61 Å². The van der Waals surface area contributed by atoms with E-state index in [2.05, 4.69) is 4.84 Å². The molecule has 0 aliphatic rings. The first-order chi connectivity index (χ1) is 8.82. The summed E-state index contributed by atoms with van der Waals surface area (Å²) in [5.74, 6) is -1.99. The first-order valence-electron chi connectivity index (χ1n) is 5.33. The Morgan fingerprint density at radius 2 is 2.21 bits per heavy atom. The number of aromatic nitrogens is 1. The minimum atomic E-state index is -1.24. The monoisotopic (exact) mass is 271 g/mol. The van der Waals surface area contributed by atoms with Crippen LogP contribution in [0.1, 0.15) is 30.4 Å². The van der Waals surface area contributed by atoms with Gasteiger partial charge in [-0.15, -0.1) is 0 Å². The highest BCUT2D eigenvalue weighted by molar-refractivity contribution is 5.93. The van der Waals surface area contributed by atoms with Crippen LogP contribution in [0.15, 0.2) is 12.3 Å². The van der Waals surface area contributed by atoms with Gasteiger partial charge in [-0.25, -0.2) is 10.3 Å². The van der Waals surface area contributed by atoms with E-state index < -0.39 is 23.4 Å². The minimum Gasteiger partial charge on any atom is -0.479 e. The zero-order valence-corrected chi connectivity index (χ0v) is 10.3. The molecule has 2 N–H and O–H groups in total. The van der Waals surface area contributed by atoms with Crippen LogP contribution in [0.2, 0.25) is 0 Å². The van der Waals surface area contributed by atoms with E-state index in [1.54, 1.807) is 13.8 Å².